The number of carbonyl (C=O) groups excluding carboxylic acids is 2. The highest BCUT2D eigenvalue weighted by molar-refractivity contribution is 7.89. The van der Waals surface area contributed by atoms with Gasteiger partial charge in [0.05, 0.1) is 25.0 Å². The third-order valence-corrected chi connectivity index (χ3v) is 4.56. The van der Waals surface area contributed by atoms with Crippen LogP contribution in [0, 0.1) is 5.92 Å². The molecule has 0 aliphatic rings. The lowest BCUT2D eigenvalue weighted by molar-refractivity contribution is 0.0977. The summed E-state index contributed by atoms with van der Waals surface area (Å²) in [6.45, 7) is 4.52. The van der Waals surface area contributed by atoms with E-state index in [-0.39, 0.29) is 18.1 Å². The van der Waals surface area contributed by atoms with Gasteiger partial charge in [0, 0.05) is 6.42 Å². The number of nitrogens with two attached hydrogens (primary N) is 1. The van der Waals surface area contributed by atoms with Crippen LogP contribution < -0.4 is 15.2 Å². The third kappa shape index (κ3) is 7.40. The Balaban J connectivity index is 2.26. The van der Waals surface area contributed by atoms with Crippen LogP contribution in [-0.2, 0) is 21.2 Å². The van der Waals surface area contributed by atoms with Crippen LogP contribution in [0.2, 0.25) is 0 Å². The largest absolute Gasteiger partial charge is 0.492 e. The second-order valence-corrected chi connectivity index (χ2v) is 8.98. The van der Waals surface area contributed by atoms with E-state index in [0.29, 0.717) is 18.8 Å². The maximum atomic E-state index is 12.4. The third-order valence-electron chi connectivity index (χ3n) is 4.00. The minimum atomic E-state index is -3.69. The van der Waals surface area contributed by atoms with Crippen LogP contribution in [0.3, 0.4) is 0 Å². The summed E-state index contributed by atoms with van der Waals surface area (Å²) in [5.74, 6) is -0.213. The summed E-state index contributed by atoms with van der Waals surface area (Å²) >= 11 is 0. The molecule has 2 aromatic rings. The Hall–Kier alpha value is -3.07. The lowest BCUT2D eigenvalue weighted by Gasteiger charge is -2.15. The van der Waals surface area contributed by atoms with Crippen molar-refractivity contribution in [2.24, 2.45) is 11.7 Å². The van der Waals surface area contributed by atoms with Crippen molar-refractivity contribution in [1.29, 1.82) is 0 Å². The monoisotopic (exact) mass is 434 g/mol. The number of nitrogens with one attached hydrogen (secondary N) is 1. The molecule has 0 heterocycles. The van der Waals surface area contributed by atoms with Crippen LogP contribution >= 0.6 is 0 Å². The molecule has 0 fully saturated rings. The van der Waals surface area contributed by atoms with E-state index in [4.69, 9.17) is 15.2 Å². The van der Waals surface area contributed by atoms with Gasteiger partial charge in [-0.3, -0.25) is 4.79 Å². The van der Waals surface area contributed by atoms with Crippen molar-refractivity contribution in [2.75, 3.05) is 19.5 Å². The van der Waals surface area contributed by atoms with E-state index in [2.05, 4.69) is 0 Å². The average Bonchev–Trinajstić information content (AvgIpc) is 2.65. The van der Waals surface area contributed by atoms with Gasteiger partial charge in [-0.2, -0.15) is 0 Å². The molecular weight excluding hydrogens is 408 g/mol. The van der Waals surface area contributed by atoms with Crippen LogP contribution in [0.25, 0.3) is 11.1 Å². The van der Waals surface area contributed by atoms with Crippen LogP contribution in [-0.4, -0.2) is 39.9 Å². The highest BCUT2D eigenvalue weighted by Crippen LogP contribution is 2.28. The van der Waals surface area contributed by atoms with E-state index in [0.717, 1.165) is 22.9 Å². The van der Waals surface area contributed by atoms with Gasteiger partial charge in [-0.05, 0) is 34.7 Å². The molecule has 0 unspecified atom stereocenters. The molecule has 30 heavy (non-hydrogen) atoms. The minimum absolute atomic E-state index is 0.144. The fourth-order valence-corrected chi connectivity index (χ4v) is 3.07. The lowest BCUT2D eigenvalue weighted by Crippen LogP contribution is -2.29. The predicted octanol–water partition coefficient (Wildman–Crippen LogP) is 2.72. The van der Waals surface area contributed by atoms with Crippen molar-refractivity contribution < 1.29 is 27.5 Å². The fourth-order valence-electron chi connectivity index (χ4n) is 2.62. The molecule has 0 saturated heterocycles. The molecule has 0 spiro atoms. The zero-order chi connectivity index (χ0) is 22.3. The highest BCUT2D eigenvalue weighted by Gasteiger charge is 2.17. The summed E-state index contributed by atoms with van der Waals surface area (Å²) in [5.41, 5.74) is 7.76. The van der Waals surface area contributed by atoms with Gasteiger partial charge >= 0.3 is 6.09 Å². The predicted molar refractivity (Wildman–Crippen MR) is 114 cm³/mol. The fraction of sp³-hybridized carbons (Fsp3) is 0.333. The summed E-state index contributed by atoms with van der Waals surface area (Å²) < 4.78 is 35.3. The highest BCUT2D eigenvalue weighted by atomic mass is 32.2. The molecule has 0 saturated carbocycles. The van der Waals surface area contributed by atoms with E-state index in [9.17, 15) is 18.0 Å². The Morgan fingerprint density at radius 1 is 1.07 bits per heavy atom. The smallest absolute Gasteiger partial charge is 0.404 e. The Bertz CT molecular complexity index is 1000. The van der Waals surface area contributed by atoms with Gasteiger partial charge in [0.1, 0.15) is 5.75 Å². The SMILES string of the molecule is CC(C)COc1cc(-c2ccc(CCOC(N)=O)cc2)ccc1C(=O)NS(C)(=O)=O. The quantitative estimate of drug-likeness (QED) is 0.625. The Morgan fingerprint density at radius 3 is 2.27 bits per heavy atom. The molecule has 162 valence electrons. The number of rotatable bonds is 9. The first kappa shape index (κ1) is 23.2. The first-order chi connectivity index (χ1) is 14.0. The van der Waals surface area contributed by atoms with Crippen LogP contribution in [0.15, 0.2) is 42.5 Å². The molecule has 2 rings (SSSR count). The maximum Gasteiger partial charge on any atom is 0.404 e. The summed E-state index contributed by atoms with van der Waals surface area (Å²) in [6, 6.07) is 12.6. The van der Waals surface area contributed by atoms with Gasteiger partial charge in [0.2, 0.25) is 10.0 Å². The van der Waals surface area contributed by atoms with Crippen LogP contribution in [0.5, 0.6) is 5.75 Å². The molecule has 2 aromatic carbocycles. The van der Waals surface area contributed by atoms with Gasteiger partial charge in [0.15, 0.2) is 0 Å². The second-order valence-electron chi connectivity index (χ2n) is 7.23. The summed E-state index contributed by atoms with van der Waals surface area (Å²) in [5, 5.41) is 0. The summed E-state index contributed by atoms with van der Waals surface area (Å²) in [4.78, 5) is 23.0. The standard InChI is InChI=1S/C21H26N2O6S/c1-14(2)13-29-19-12-17(8-9-18(19)20(24)23-30(3,26)27)16-6-4-15(5-7-16)10-11-28-21(22)25/h4-9,12,14H,10-11,13H2,1-3H3,(H2,22,25)(H,23,24). The molecular formula is C21H26N2O6S. The van der Waals surface area contributed by atoms with Crippen molar-refractivity contribution in [3.63, 3.8) is 0 Å². The molecule has 8 nitrogen and oxygen atoms in total. The van der Waals surface area contributed by atoms with Crippen molar-refractivity contribution in [3.05, 3.63) is 53.6 Å². The van der Waals surface area contributed by atoms with Crippen LogP contribution in [0.4, 0.5) is 4.79 Å². The minimum Gasteiger partial charge on any atom is -0.492 e. The Morgan fingerprint density at radius 2 is 1.70 bits per heavy atom. The normalized spacial score (nSPS) is 11.2. The number of benzene rings is 2. The molecule has 0 aliphatic carbocycles. The zero-order valence-electron chi connectivity index (χ0n) is 17.2. The van der Waals surface area contributed by atoms with Gasteiger partial charge in [-0.1, -0.05) is 44.2 Å². The second kappa shape index (κ2) is 10.1. The number of amides is 2. The summed E-state index contributed by atoms with van der Waals surface area (Å²) in [6.07, 6.45) is 0.654. The topological polar surface area (TPSA) is 125 Å². The van der Waals surface area contributed by atoms with Crippen molar-refractivity contribution in [2.45, 2.75) is 20.3 Å². The molecule has 9 heteroatoms. The molecule has 0 radical (unpaired) electrons. The number of hydrogen-bond donors (Lipinski definition) is 2. The van der Waals surface area contributed by atoms with Gasteiger partial charge in [0.25, 0.3) is 5.91 Å². The van der Waals surface area contributed by atoms with Crippen molar-refractivity contribution in [1.82, 2.24) is 4.72 Å². The van der Waals surface area contributed by atoms with E-state index in [1.165, 1.54) is 0 Å². The molecule has 0 bridgehead atoms. The molecule has 3 N–H and O–H groups in total. The first-order valence-electron chi connectivity index (χ1n) is 9.35. The number of carbonyl (C=O) groups is 2. The zero-order valence-corrected chi connectivity index (χ0v) is 18.0. The van der Waals surface area contributed by atoms with Gasteiger partial charge in [-0.15, -0.1) is 0 Å². The van der Waals surface area contributed by atoms with E-state index < -0.39 is 22.0 Å². The number of hydrogen-bond acceptors (Lipinski definition) is 6. The molecule has 0 aromatic heterocycles. The number of ether oxygens (including phenoxy) is 2. The molecule has 0 atom stereocenters. The Labute approximate surface area is 176 Å². The van der Waals surface area contributed by atoms with Crippen LogP contribution in [0.1, 0.15) is 29.8 Å². The first-order valence-corrected chi connectivity index (χ1v) is 11.2. The number of sulfonamides is 1. The van der Waals surface area contributed by atoms with Crippen molar-refractivity contribution in [3.8, 4) is 16.9 Å². The molecule has 0 aliphatic heterocycles. The summed E-state index contributed by atoms with van der Waals surface area (Å²) in [7, 11) is -3.69. The van der Waals surface area contributed by atoms with E-state index >= 15 is 0 Å². The lowest BCUT2D eigenvalue weighted by atomic mass is 10.0. The van der Waals surface area contributed by atoms with Crippen molar-refractivity contribution >= 4 is 22.0 Å². The van der Waals surface area contributed by atoms with E-state index in [1.54, 1.807) is 18.2 Å². The average molecular weight is 435 g/mol. The van der Waals surface area contributed by atoms with Gasteiger partial charge in [-0.25, -0.2) is 17.9 Å². The maximum absolute atomic E-state index is 12.4. The Kier molecular flexibility index (Phi) is 7.82. The van der Waals surface area contributed by atoms with E-state index in [1.807, 2.05) is 42.8 Å². The molecule has 2 amide bonds. The number of primary amides is 1. The van der Waals surface area contributed by atoms with Gasteiger partial charge < -0.3 is 15.2 Å².